The third-order valence-electron chi connectivity index (χ3n) is 3.53. The monoisotopic (exact) mass is 321 g/mol. The van der Waals surface area contributed by atoms with Gasteiger partial charge in [-0.1, -0.05) is 24.3 Å². The van der Waals surface area contributed by atoms with Crippen LogP contribution >= 0.6 is 0 Å². The molecule has 4 N–H and O–H groups in total. The Bertz CT molecular complexity index is 836. The molecule has 6 heteroatoms. The number of nitrogen functional groups attached to an aromatic ring is 1. The molecule has 0 amide bonds. The van der Waals surface area contributed by atoms with Crippen molar-refractivity contribution in [3.8, 4) is 5.75 Å². The molecule has 0 fully saturated rings. The molecule has 24 heavy (non-hydrogen) atoms. The number of ether oxygens (including phenoxy) is 1. The molecule has 0 saturated heterocycles. The number of nitrogens with one attached hydrogen (secondary N) is 2. The second kappa shape index (κ2) is 6.87. The molecule has 122 valence electrons. The third kappa shape index (κ3) is 3.38. The van der Waals surface area contributed by atoms with Crippen LogP contribution in [0.1, 0.15) is 5.56 Å². The van der Waals surface area contributed by atoms with Crippen LogP contribution in [0.3, 0.4) is 0 Å². The molecule has 0 aliphatic heterocycles. The fraction of sp³-hybridized carbons (Fsp3) is 0.111. The van der Waals surface area contributed by atoms with Crippen molar-refractivity contribution in [2.24, 2.45) is 0 Å². The standard InChI is InChI=1S/C18H19N5O/c1-12-8-9-15(24-2)14(10-12)23-18-16(19)17(20-11-21-18)22-13-6-4-3-5-7-13/h3-11H,19H2,1-2H3,(H2,20,21,22,23). The number of hydrogen-bond donors (Lipinski definition) is 3. The smallest absolute Gasteiger partial charge is 0.159 e. The van der Waals surface area contributed by atoms with E-state index in [1.165, 1.54) is 6.33 Å². The van der Waals surface area contributed by atoms with E-state index < -0.39 is 0 Å². The van der Waals surface area contributed by atoms with Gasteiger partial charge in [-0.05, 0) is 36.8 Å². The maximum Gasteiger partial charge on any atom is 0.159 e. The van der Waals surface area contributed by atoms with Crippen LogP contribution < -0.4 is 21.1 Å². The number of rotatable bonds is 5. The van der Waals surface area contributed by atoms with Crippen molar-refractivity contribution in [1.82, 2.24) is 9.97 Å². The topological polar surface area (TPSA) is 85.1 Å². The largest absolute Gasteiger partial charge is 0.495 e. The predicted octanol–water partition coefficient (Wildman–Crippen LogP) is 3.86. The highest BCUT2D eigenvalue weighted by molar-refractivity contribution is 5.81. The zero-order valence-corrected chi connectivity index (χ0v) is 13.6. The normalized spacial score (nSPS) is 10.2. The van der Waals surface area contributed by atoms with Crippen molar-refractivity contribution in [1.29, 1.82) is 0 Å². The maximum absolute atomic E-state index is 6.22. The van der Waals surface area contributed by atoms with Gasteiger partial charge in [0.1, 0.15) is 17.8 Å². The summed E-state index contributed by atoms with van der Waals surface area (Å²) in [6.45, 7) is 2.01. The van der Waals surface area contributed by atoms with Gasteiger partial charge >= 0.3 is 0 Å². The first-order valence-corrected chi connectivity index (χ1v) is 7.51. The summed E-state index contributed by atoms with van der Waals surface area (Å²) in [6.07, 6.45) is 1.46. The molecule has 0 unspecified atom stereocenters. The van der Waals surface area contributed by atoms with Gasteiger partial charge in [-0.2, -0.15) is 0 Å². The van der Waals surface area contributed by atoms with E-state index in [0.29, 0.717) is 17.3 Å². The molecule has 0 aliphatic rings. The van der Waals surface area contributed by atoms with E-state index in [1.54, 1.807) is 7.11 Å². The van der Waals surface area contributed by atoms with Crippen molar-refractivity contribution in [2.45, 2.75) is 6.92 Å². The van der Waals surface area contributed by atoms with E-state index in [-0.39, 0.29) is 0 Å². The Morgan fingerprint density at radius 2 is 1.67 bits per heavy atom. The Hall–Kier alpha value is -3.28. The van der Waals surface area contributed by atoms with Gasteiger partial charge in [-0.25, -0.2) is 9.97 Å². The minimum absolute atomic E-state index is 0.435. The summed E-state index contributed by atoms with van der Waals surface area (Å²) in [5, 5.41) is 6.41. The van der Waals surface area contributed by atoms with Crippen LogP contribution in [-0.2, 0) is 0 Å². The summed E-state index contributed by atoms with van der Waals surface area (Å²) in [7, 11) is 1.63. The molecule has 0 bridgehead atoms. The van der Waals surface area contributed by atoms with Gasteiger partial charge < -0.3 is 21.1 Å². The minimum Gasteiger partial charge on any atom is -0.495 e. The lowest BCUT2D eigenvalue weighted by molar-refractivity contribution is 0.416. The summed E-state index contributed by atoms with van der Waals surface area (Å²) < 4.78 is 5.38. The summed E-state index contributed by atoms with van der Waals surface area (Å²) in [5.74, 6) is 1.79. The average Bonchev–Trinajstić information content (AvgIpc) is 2.60. The molecule has 0 radical (unpaired) electrons. The molecular weight excluding hydrogens is 302 g/mol. The van der Waals surface area contributed by atoms with Gasteiger partial charge in [-0.3, -0.25) is 0 Å². The minimum atomic E-state index is 0.435. The lowest BCUT2D eigenvalue weighted by atomic mass is 10.2. The van der Waals surface area contributed by atoms with Crippen LogP contribution in [0, 0.1) is 6.92 Å². The van der Waals surface area contributed by atoms with Gasteiger partial charge in [0, 0.05) is 5.69 Å². The fourth-order valence-corrected chi connectivity index (χ4v) is 2.30. The third-order valence-corrected chi connectivity index (χ3v) is 3.53. The Labute approximate surface area is 140 Å². The Balaban J connectivity index is 1.90. The van der Waals surface area contributed by atoms with Crippen molar-refractivity contribution >= 4 is 28.7 Å². The number of benzene rings is 2. The van der Waals surface area contributed by atoms with E-state index in [2.05, 4.69) is 20.6 Å². The van der Waals surface area contributed by atoms with Crippen LogP contribution in [-0.4, -0.2) is 17.1 Å². The van der Waals surface area contributed by atoms with Gasteiger partial charge in [-0.15, -0.1) is 0 Å². The van der Waals surface area contributed by atoms with Crippen LogP contribution in [0.15, 0.2) is 54.9 Å². The zero-order valence-electron chi connectivity index (χ0n) is 13.6. The highest BCUT2D eigenvalue weighted by Gasteiger charge is 2.11. The van der Waals surface area contributed by atoms with Crippen LogP contribution in [0.4, 0.5) is 28.7 Å². The number of hydrogen-bond acceptors (Lipinski definition) is 6. The van der Waals surface area contributed by atoms with Gasteiger partial charge in [0.25, 0.3) is 0 Å². The Morgan fingerprint density at radius 1 is 0.958 bits per heavy atom. The summed E-state index contributed by atoms with van der Waals surface area (Å²) in [4.78, 5) is 8.46. The van der Waals surface area contributed by atoms with E-state index in [0.717, 1.165) is 22.7 Å². The van der Waals surface area contributed by atoms with Gasteiger partial charge in [0.2, 0.25) is 0 Å². The molecule has 0 spiro atoms. The molecule has 0 saturated carbocycles. The molecule has 1 aromatic heterocycles. The fourth-order valence-electron chi connectivity index (χ4n) is 2.30. The molecule has 0 aliphatic carbocycles. The number of nitrogens with zero attached hydrogens (tertiary/aromatic N) is 2. The summed E-state index contributed by atoms with van der Waals surface area (Å²) in [6, 6.07) is 15.6. The average molecular weight is 321 g/mol. The predicted molar refractivity (Wildman–Crippen MR) is 97.2 cm³/mol. The van der Waals surface area contributed by atoms with E-state index in [4.69, 9.17) is 10.5 Å². The zero-order chi connectivity index (χ0) is 16.9. The van der Waals surface area contributed by atoms with Crippen LogP contribution in [0.2, 0.25) is 0 Å². The summed E-state index contributed by atoms with van der Waals surface area (Å²) in [5.41, 5.74) is 9.46. The first-order valence-electron chi connectivity index (χ1n) is 7.51. The lowest BCUT2D eigenvalue weighted by Crippen LogP contribution is -2.05. The quantitative estimate of drug-likeness (QED) is 0.661. The van der Waals surface area contributed by atoms with Gasteiger partial charge in [0.05, 0.1) is 12.8 Å². The number of methoxy groups -OCH3 is 1. The number of para-hydroxylation sites is 1. The van der Waals surface area contributed by atoms with Crippen molar-refractivity contribution in [2.75, 3.05) is 23.5 Å². The number of aryl methyl sites for hydroxylation is 1. The van der Waals surface area contributed by atoms with Crippen LogP contribution in [0.5, 0.6) is 5.75 Å². The molecule has 6 nitrogen and oxygen atoms in total. The SMILES string of the molecule is COc1ccc(C)cc1Nc1ncnc(Nc2ccccc2)c1N. The van der Waals surface area contributed by atoms with Crippen LogP contribution in [0.25, 0.3) is 0 Å². The molecule has 1 heterocycles. The molecular formula is C18H19N5O. The van der Waals surface area contributed by atoms with Crippen molar-refractivity contribution in [3.05, 3.63) is 60.4 Å². The highest BCUT2D eigenvalue weighted by Crippen LogP contribution is 2.32. The van der Waals surface area contributed by atoms with Gasteiger partial charge in [0.15, 0.2) is 11.6 Å². The van der Waals surface area contributed by atoms with E-state index >= 15 is 0 Å². The number of nitrogens with two attached hydrogens (primary N) is 1. The molecule has 0 atom stereocenters. The maximum atomic E-state index is 6.22. The Kier molecular flexibility index (Phi) is 4.47. The Morgan fingerprint density at radius 3 is 2.38 bits per heavy atom. The molecule has 3 aromatic rings. The number of anilines is 5. The molecule has 2 aromatic carbocycles. The summed E-state index contributed by atoms with van der Waals surface area (Å²) >= 11 is 0. The molecule has 3 rings (SSSR count). The highest BCUT2D eigenvalue weighted by atomic mass is 16.5. The van der Waals surface area contributed by atoms with E-state index in [9.17, 15) is 0 Å². The van der Waals surface area contributed by atoms with Crippen molar-refractivity contribution < 1.29 is 4.74 Å². The first kappa shape index (κ1) is 15.6. The van der Waals surface area contributed by atoms with Crippen molar-refractivity contribution in [3.63, 3.8) is 0 Å². The number of aromatic nitrogens is 2. The van der Waals surface area contributed by atoms with E-state index in [1.807, 2.05) is 55.5 Å². The second-order valence-electron chi connectivity index (χ2n) is 5.30. The lowest BCUT2D eigenvalue weighted by Gasteiger charge is -2.15. The second-order valence-corrected chi connectivity index (χ2v) is 5.30. The first-order chi connectivity index (χ1) is 11.7.